The van der Waals surface area contributed by atoms with Gasteiger partial charge in [0.05, 0.1) is 28.0 Å². The predicted octanol–water partition coefficient (Wildman–Crippen LogP) is 3.77. The highest BCUT2D eigenvalue weighted by atomic mass is 35.5. The lowest BCUT2D eigenvalue weighted by atomic mass is 10.1. The highest BCUT2D eigenvalue weighted by Crippen LogP contribution is 2.41. The van der Waals surface area contributed by atoms with E-state index in [1.807, 2.05) is 24.3 Å². The second-order valence-corrected chi connectivity index (χ2v) is 11.1. The van der Waals surface area contributed by atoms with Crippen LogP contribution in [0.3, 0.4) is 0 Å². The highest BCUT2D eigenvalue weighted by Gasteiger charge is 2.46. The van der Waals surface area contributed by atoms with E-state index >= 15 is 0 Å². The number of ether oxygens (including phenoxy) is 2. The van der Waals surface area contributed by atoms with Crippen molar-refractivity contribution in [3.05, 3.63) is 75.4 Å². The molecule has 38 heavy (non-hydrogen) atoms. The van der Waals surface area contributed by atoms with Crippen LogP contribution in [-0.2, 0) is 16.1 Å². The van der Waals surface area contributed by atoms with Gasteiger partial charge >= 0.3 is 6.09 Å². The van der Waals surface area contributed by atoms with Crippen LogP contribution in [0.1, 0.15) is 15.2 Å². The largest absolute Gasteiger partial charge is 0.489 e. The molecule has 0 saturated carbocycles. The van der Waals surface area contributed by atoms with E-state index in [9.17, 15) is 14.4 Å². The molecule has 4 heterocycles. The molecule has 11 heteroatoms. The molecular formula is C27H25ClN4O5S. The third-order valence-electron chi connectivity index (χ3n) is 6.94. The lowest BCUT2D eigenvalue weighted by Gasteiger charge is -2.36. The number of benzene rings is 2. The summed E-state index contributed by atoms with van der Waals surface area (Å²) in [6.07, 6.45) is -1.05. The summed E-state index contributed by atoms with van der Waals surface area (Å²) in [7, 11) is 0. The summed E-state index contributed by atoms with van der Waals surface area (Å²) in [5, 5.41) is 2.81. The molecule has 3 aromatic rings. The van der Waals surface area contributed by atoms with E-state index < -0.39 is 12.2 Å². The molecule has 3 aliphatic rings. The van der Waals surface area contributed by atoms with E-state index in [-0.39, 0.29) is 31.0 Å². The van der Waals surface area contributed by atoms with Crippen molar-refractivity contribution in [1.29, 1.82) is 0 Å². The van der Waals surface area contributed by atoms with Gasteiger partial charge in [-0.2, -0.15) is 0 Å². The molecule has 0 aliphatic carbocycles. The number of hydrogen-bond donors (Lipinski definition) is 1. The van der Waals surface area contributed by atoms with Crippen molar-refractivity contribution >= 4 is 52.2 Å². The maximum Gasteiger partial charge on any atom is 0.415 e. The van der Waals surface area contributed by atoms with Crippen LogP contribution in [-0.4, -0.2) is 67.7 Å². The molecule has 6 rings (SSSR count). The Kier molecular flexibility index (Phi) is 6.69. The van der Waals surface area contributed by atoms with Crippen LogP contribution in [0, 0.1) is 0 Å². The Bertz CT molecular complexity index is 1380. The first-order valence-corrected chi connectivity index (χ1v) is 13.5. The molecule has 0 spiro atoms. The molecule has 3 aliphatic heterocycles. The molecule has 0 radical (unpaired) electrons. The molecule has 2 unspecified atom stereocenters. The maximum atomic E-state index is 13.0. The zero-order valence-corrected chi connectivity index (χ0v) is 21.9. The topological polar surface area (TPSA) is 91.4 Å². The van der Waals surface area contributed by atoms with Crippen molar-refractivity contribution < 1.29 is 23.9 Å². The van der Waals surface area contributed by atoms with E-state index in [0.29, 0.717) is 33.7 Å². The fourth-order valence-corrected chi connectivity index (χ4v) is 6.01. The number of anilines is 2. The number of halogens is 1. The molecule has 1 N–H and O–H groups in total. The molecular weight excluding hydrogens is 528 g/mol. The Hall–Kier alpha value is -3.60. The Labute approximate surface area is 228 Å². The SMILES string of the molecule is O=C(NCC1OC(=O)N2c3ccc(N4CCN(Cc5ccccc5)CC4=O)cc3OCC12)c1ccc(Cl)s1. The molecule has 1 aromatic heterocycles. The maximum absolute atomic E-state index is 13.0. The quantitative estimate of drug-likeness (QED) is 0.501. The number of nitrogens with one attached hydrogen (secondary N) is 1. The van der Waals surface area contributed by atoms with Gasteiger partial charge in [-0.15, -0.1) is 11.3 Å². The Morgan fingerprint density at radius 3 is 2.68 bits per heavy atom. The fourth-order valence-electron chi connectivity index (χ4n) is 5.05. The second-order valence-electron chi connectivity index (χ2n) is 9.38. The number of hydrogen-bond acceptors (Lipinski definition) is 7. The van der Waals surface area contributed by atoms with Crippen LogP contribution in [0.25, 0.3) is 0 Å². The van der Waals surface area contributed by atoms with E-state index in [1.165, 1.54) is 16.9 Å². The van der Waals surface area contributed by atoms with E-state index in [2.05, 4.69) is 22.3 Å². The standard InChI is InChI=1S/C27H25ClN4O5S/c28-24-9-8-23(38-24)26(34)29-13-22-20-16-36-21-12-18(6-7-19(21)32(20)27(35)37-22)31-11-10-30(15-25(31)33)14-17-4-2-1-3-5-17/h1-9,12,20,22H,10-11,13-16H2,(H,29,34). The zero-order chi connectivity index (χ0) is 26.2. The van der Waals surface area contributed by atoms with Gasteiger partial charge in [0.25, 0.3) is 5.91 Å². The lowest BCUT2D eigenvalue weighted by molar-refractivity contribution is -0.121. The monoisotopic (exact) mass is 552 g/mol. The molecule has 196 valence electrons. The molecule has 2 saturated heterocycles. The van der Waals surface area contributed by atoms with Gasteiger partial charge in [0.1, 0.15) is 24.5 Å². The number of amides is 3. The van der Waals surface area contributed by atoms with Gasteiger partial charge in [-0.25, -0.2) is 4.79 Å². The Morgan fingerprint density at radius 1 is 1.08 bits per heavy atom. The van der Waals surface area contributed by atoms with Crippen LogP contribution < -0.4 is 19.9 Å². The van der Waals surface area contributed by atoms with E-state index in [1.54, 1.807) is 34.1 Å². The predicted molar refractivity (Wildman–Crippen MR) is 144 cm³/mol. The number of fused-ring (bicyclic) bond motifs is 3. The van der Waals surface area contributed by atoms with E-state index in [4.69, 9.17) is 21.1 Å². The van der Waals surface area contributed by atoms with Crippen LogP contribution >= 0.6 is 22.9 Å². The minimum atomic E-state index is -0.561. The first kappa shape index (κ1) is 24.7. The van der Waals surface area contributed by atoms with Gasteiger partial charge in [-0.1, -0.05) is 41.9 Å². The number of cyclic esters (lactones) is 1. The molecule has 3 amide bonds. The zero-order valence-electron chi connectivity index (χ0n) is 20.3. The smallest absolute Gasteiger partial charge is 0.415 e. The number of thiophene rings is 1. The van der Waals surface area contributed by atoms with Crippen LogP contribution in [0.4, 0.5) is 16.2 Å². The van der Waals surface area contributed by atoms with Crippen molar-refractivity contribution in [3.8, 4) is 5.75 Å². The minimum Gasteiger partial charge on any atom is -0.489 e. The highest BCUT2D eigenvalue weighted by molar-refractivity contribution is 7.18. The average molecular weight is 553 g/mol. The minimum absolute atomic E-state index is 0.0178. The van der Waals surface area contributed by atoms with Crippen LogP contribution in [0.15, 0.2) is 60.7 Å². The van der Waals surface area contributed by atoms with Gasteiger partial charge < -0.3 is 19.7 Å². The number of nitrogens with zero attached hydrogens (tertiary/aromatic N) is 3. The number of carbonyl (C=O) groups excluding carboxylic acids is 3. The van der Waals surface area contributed by atoms with Gasteiger partial charge in [-0.3, -0.25) is 19.4 Å². The van der Waals surface area contributed by atoms with Crippen LogP contribution in [0.5, 0.6) is 5.75 Å². The van der Waals surface area contributed by atoms with Gasteiger partial charge in [0.15, 0.2) is 0 Å². The normalized spacial score (nSPS) is 21.0. The Balaban J connectivity index is 1.11. The van der Waals surface area contributed by atoms with E-state index in [0.717, 1.165) is 18.8 Å². The molecule has 2 atom stereocenters. The average Bonchev–Trinajstić information content (AvgIpc) is 3.50. The van der Waals surface area contributed by atoms with Crippen molar-refractivity contribution in [1.82, 2.24) is 10.2 Å². The summed E-state index contributed by atoms with van der Waals surface area (Å²) in [5.41, 5.74) is 2.50. The first-order valence-electron chi connectivity index (χ1n) is 12.3. The summed E-state index contributed by atoms with van der Waals surface area (Å²) >= 11 is 7.10. The summed E-state index contributed by atoms with van der Waals surface area (Å²) in [4.78, 5) is 44.1. The third-order valence-corrected chi connectivity index (χ3v) is 8.17. The Morgan fingerprint density at radius 2 is 1.92 bits per heavy atom. The number of carbonyl (C=O) groups is 3. The number of piperazine rings is 1. The van der Waals surface area contributed by atoms with Crippen LogP contribution in [0.2, 0.25) is 4.34 Å². The van der Waals surface area contributed by atoms with Gasteiger partial charge in [0.2, 0.25) is 5.91 Å². The molecule has 9 nitrogen and oxygen atoms in total. The molecule has 2 aromatic carbocycles. The lowest BCUT2D eigenvalue weighted by Crippen LogP contribution is -2.50. The number of rotatable bonds is 6. The molecule has 0 bridgehead atoms. The molecule has 2 fully saturated rings. The summed E-state index contributed by atoms with van der Waals surface area (Å²) in [5.74, 6) is 0.268. The summed E-state index contributed by atoms with van der Waals surface area (Å²) in [6.45, 7) is 2.75. The fraction of sp³-hybridized carbons (Fsp3) is 0.296. The second kappa shape index (κ2) is 10.3. The van der Waals surface area contributed by atoms with Gasteiger partial charge in [-0.05, 0) is 29.8 Å². The van der Waals surface area contributed by atoms with Gasteiger partial charge in [0, 0.05) is 31.4 Å². The summed E-state index contributed by atoms with van der Waals surface area (Å²) in [6, 6.07) is 18.5. The first-order chi connectivity index (χ1) is 18.5. The summed E-state index contributed by atoms with van der Waals surface area (Å²) < 4.78 is 12.1. The van der Waals surface area contributed by atoms with Crippen molar-refractivity contribution in [2.45, 2.75) is 18.7 Å². The van der Waals surface area contributed by atoms with Crippen molar-refractivity contribution in [2.75, 3.05) is 42.6 Å². The third kappa shape index (κ3) is 4.82. The van der Waals surface area contributed by atoms with Crippen molar-refractivity contribution in [3.63, 3.8) is 0 Å². The van der Waals surface area contributed by atoms with Crippen molar-refractivity contribution in [2.24, 2.45) is 0 Å².